The molecule has 0 saturated carbocycles. The number of fused-ring (bicyclic) bond motifs is 1. The Morgan fingerprint density at radius 3 is 2.96 bits per heavy atom. The fraction of sp³-hybridized carbons (Fsp3) is 0.158. The minimum Gasteiger partial charge on any atom is -0.454 e. The van der Waals surface area contributed by atoms with Gasteiger partial charge in [0.1, 0.15) is 5.82 Å². The fourth-order valence-corrected chi connectivity index (χ4v) is 3.33. The van der Waals surface area contributed by atoms with Crippen LogP contribution in [0, 0.1) is 5.82 Å². The van der Waals surface area contributed by atoms with Crippen LogP contribution in [0.15, 0.2) is 42.1 Å². The third kappa shape index (κ3) is 4.35. The van der Waals surface area contributed by atoms with Crippen molar-refractivity contribution in [3.8, 4) is 11.5 Å². The van der Waals surface area contributed by atoms with Gasteiger partial charge in [-0.15, -0.1) is 0 Å². The lowest BCUT2D eigenvalue weighted by Gasteiger charge is -2.07. The van der Waals surface area contributed by atoms with Gasteiger partial charge in [0.2, 0.25) is 11.9 Å². The van der Waals surface area contributed by atoms with Gasteiger partial charge in [0.05, 0.1) is 5.02 Å². The first-order valence-corrected chi connectivity index (χ1v) is 9.58. The number of benzene rings is 2. The highest BCUT2D eigenvalue weighted by atomic mass is 35.5. The van der Waals surface area contributed by atoms with E-state index in [0.29, 0.717) is 23.2 Å². The van der Waals surface area contributed by atoms with Crippen molar-refractivity contribution >= 4 is 40.0 Å². The zero-order chi connectivity index (χ0) is 19.5. The molecule has 28 heavy (non-hydrogen) atoms. The third-order valence-electron chi connectivity index (χ3n) is 3.97. The van der Waals surface area contributed by atoms with Crippen LogP contribution in [-0.2, 0) is 6.54 Å². The summed E-state index contributed by atoms with van der Waals surface area (Å²) in [4.78, 5) is 4.41. The first-order valence-electron chi connectivity index (χ1n) is 8.43. The number of aromatic nitrogens is 2. The Bertz CT molecular complexity index is 1040. The molecule has 0 unspecified atom stereocenters. The lowest BCUT2D eigenvalue weighted by atomic mass is 10.2. The minimum atomic E-state index is -0.461. The van der Waals surface area contributed by atoms with Crippen LogP contribution in [0.4, 0.5) is 15.2 Å². The molecule has 2 N–H and O–H groups in total. The first kappa shape index (κ1) is 18.5. The van der Waals surface area contributed by atoms with Crippen LogP contribution in [0.25, 0.3) is 6.08 Å². The third-order valence-corrected chi connectivity index (χ3v) is 4.90. The van der Waals surface area contributed by atoms with Crippen LogP contribution in [0.3, 0.4) is 0 Å². The number of rotatable bonds is 6. The molecule has 6 nitrogen and oxygen atoms in total. The highest BCUT2D eigenvalue weighted by molar-refractivity contribution is 7.09. The molecule has 0 saturated heterocycles. The van der Waals surface area contributed by atoms with E-state index >= 15 is 0 Å². The van der Waals surface area contributed by atoms with E-state index in [2.05, 4.69) is 20.0 Å². The van der Waals surface area contributed by atoms with Gasteiger partial charge in [-0.05, 0) is 42.8 Å². The molecule has 9 heteroatoms. The van der Waals surface area contributed by atoms with Crippen molar-refractivity contribution in [2.24, 2.45) is 0 Å². The molecule has 2 heterocycles. The van der Waals surface area contributed by atoms with Gasteiger partial charge in [-0.25, -0.2) is 4.39 Å². The second-order valence-electron chi connectivity index (χ2n) is 6.08. The van der Waals surface area contributed by atoms with Gasteiger partial charge in [0.15, 0.2) is 17.3 Å². The van der Waals surface area contributed by atoms with Gasteiger partial charge >= 0.3 is 0 Å². The molecule has 1 aromatic heterocycles. The molecule has 1 aliphatic rings. The number of halogens is 2. The molecule has 2 aromatic carbocycles. The largest absolute Gasteiger partial charge is 0.454 e. The Morgan fingerprint density at radius 1 is 1.25 bits per heavy atom. The molecule has 4 rings (SSSR count). The van der Waals surface area contributed by atoms with Crippen molar-refractivity contribution in [3.05, 3.63) is 64.3 Å². The summed E-state index contributed by atoms with van der Waals surface area (Å²) in [6.45, 7) is 2.85. The van der Waals surface area contributed by atoms with E-state index in [0.717, 1.165) is 22.8 Å². The van der Waals surface area contributed by atoms with Crippen LogP contribution in [-0.4, -0.2) is 16.2 Å². The maximum atomic E-state index is 13.2. The van der Waals surface area contributed by atoms with Crippen LogP contribution < -0.4 is 20.1 Å². The van der Waals surface area contributed by atoms with E-state index in [4.69, 9.17) is 21.1 Å². The highest BCUT2D eigenvalue weighted by Gasteiger charge is 2.13. The molecule has 0 fully saturated rings. The van der Waals surface area contributed by atoms with Gasteiger partial charge in [0.25, 0.3) is 0 Å². The van der Waals surface area contributed by atoms with Crippen molar-refractivity contribution in [2.75, 3.05) is 12.1 Å². The van der Waals surface area contributed by atoms with Gasteiger partial charge in [-0.2, -0.15) is 9.36 Å². The molecule has 0 aliphatic carbocycles. The number of nitrogens with one attached hydrogen (secondary N) is 2. The van der Waals surface area contributed by atoms with Crippen LogP contribution in [0.5, 0.6) is 11.5 Å². The highest BCUT2D eigenvalue weighted by Crippen LogP contribution is 2.32. The predicted octanol–water partition coefficient (Wildman–Crippen LogP) is 4.95. The van der Waals surface area contributed by atoms with Crippen molar-refractivity contribution < 1.29 is 13.9 Å². The summed E-state index contributed by atoms with van der Waals surface area (Å²) in [5.74, 6) is 1.65. The molecular formula is C19H16ClFN4O2S. The molecule has 0 atom stereocenters. The first-order chi connectivity index (χ1) is 13.6. The van der Waals surface area contributed by atoms with E-state index in [1.165, 1.54) is 23.7 Å². The molecule has 0 spiro atoms. The van der Waals surface area contributed by atoms with Gasteiger partial charge < -0.3 is 20.1 Å². The molecule has 0 bridgehead atoms. The topological polar surface area (TPSA) is 68.3 Å². The van der Waals surface area contributed by atoms with Crippen LogP contribution in [0.2, 0.25) is 5.02 Å². The number of hydrogen-bond acceptors (Lipinski definition) is 7. The van der Waals surface area contributed by atoms with Gasteiger partial charge in [-0.3, -0.25) is 0 Å². The molecule has 0 amide bonds. The second-order valence-corrected chi connectivity index (χ2v) is 7.24. The monoisotopic (exact) mass is 418 g/mol. The average molecular weight is 419 g/mol. The van der Waals surface area contributed by atoms with Gasteiger partial charge in [0, 0.05) is 35.5 Å². The Kier molecular flexibility index (Phi) is 5.31. The maximum Gasteiger partial charge on any atom is 0.231 e. The minimum absolute atomic E-state index is 0.0539. The van der Waals surface area contributed by atoms with Gasteiger partial charge in [-0.1, -0.05) is 17.7 Å². The summed E-state index contributed by atoms with van der Waals surface area (Å²) in [6, 6.07) is 10.3. The molecule has 1 aliphatic heterocycles. The predicted molar refractivity (Wildman–Crippen MR) is 108 cm³/mol. The fourth-order valence-electron chi connectivity index (χ4n) is 2.58. The SMILES string of the molecule is C/C(=C\c1nsc(Nc2ccc(F)c(Cl)c2)n1)NCc1ccc2c(c1)OCO2. The van der Waals surface area contributed by atoms with E-state index in [9.17, 15) is 4.39 Å². The smallest absolute Gasteiger partial charge is 0.231 e. The van der Waals surface area contributed by atoms with E-state index < -0.39 is 5.82 Å². The Balaban J connectivity index is 1.36. The molecule has 144 valence electrons. The normalized spacial score (nSPS) is 12.9. The summed E-state index contributed by atoms with van der Waals surface area (Å²) in [6.07, 6.45) is 1.85. The molecular weight excluding hydrogens is 403 g/mol. The Labute approximate surface area is 170 Å². The van der Waals surface area contributed by atoms with Crippen molar-refractivity contribution in [1.82, 2.24) is 14.7 Å². The van der Waals surface area contributed by atoms with E-state index in [-0.39, 0.29) is 11.8 Å². The van der Waals surface area contributed by atoms with Crippen LogP contribution in [0.1, 0.15) is 18.3 Å². The van der Waals surface area contributed by atoms with Crippen molar-refractivity contribution in [2.45, 2.75) is 13.5 Å². The Hall–Kier alpha value is -2.84. The summed E-state index contributed by atoms with van der Waals surface area (Å²) in [5.41, 5.74) is 2.65. The number of ether oxygens (including phenoxy) is 2. The summed E-state index contributed by atoms with van der Waals surface area (Å²) < 4.78 is 28.2. The summed E-state index contributed by atoms with van der Waals surface area (Å²) >= 11 is 7.00. The standard InChI is InChI=1S/C19H16ClFN4O2S/c1-11(22-9-12-2-5-16-17(7-12)27-10-26-16)6-18-24-19(28-25-18)23-13-3-4-15(21)14(20)8-13/h2-8,22H,9-10H2,1H3,(H,23,24,25)/b11-6+. The second kappa shape index (κ2) is 8.04. The average Bonchev–Trinajstić information content (AvgIpc) is 3.32. The number of hydrogen-bond donors (Lipinski definition) is 2. The summed E-state index contributed by atoms with van der Waals surface area (Å²) in [5, 5.41) is 7.04. The lowest BCUT2D eigenvalue weighted by molar-refractivity contribution is 0.174. The molecule has 3 aromatic rings. The quantitative estimate of drug-likeness (QED) is 0.590. The number of allylic oxidation sites excluding steroid dienone is 1. The maximum absolute atomic E-state index is 13.2. The summed E-state index contributed by atoms with van der Waals surface area (Å²) in [7, 11) is 0. The van der Waals surface area contributed by atoms with E-state index in [1.807, 2.05) is 31.2 Å². The van der Waals surface area contributed by atoms with Crippen molar-refractivity contribution in [1.29, 1.82) is 0 Å². The zero-order valence-corrected chi connectivity index (χ0v) is 16.4. The van der Waals surface area contributed by atoms with Crippen LogP contribution >= 0.6 is 23.1 Å². The van der Waals surface area contributed by atoms with E-state index in [1.54, 1.807) is 6.07 Å². The molecule has 0 radical (unpaired) electrons. The van der Waals surface area contributed by atoms with Crippen molar-refractivity contribution in [3.63, 3.8) is 0 Å². The number of nitrogens with zero attached hydrogens (tertiary/aromatic N) is 2. The lowest BCUT2D eigenvalue weighted by Crippen LogP contribution is -2.10. The zero-order valence-electron chi connectivity index (χ0n) is 14.8. The Morgan fingerprint density at radius 2 is 2.11 bits per heavy atom. The number of anilines is 2.